The van der Waals surface area contributed by atoms with Gasteiger partial charge in [0, 0.05) is 5.41 Å². The van der Waals surface area contributed by atoms with Gasteiger partial charge in [0.05, 0.1) is 11.0 Å². The second-order valence-corrected chi connectivity index (χ2v) is 5.15. The summed E-state index contributed by atoms with van der Waals surface area (Å²) in [6.45, 7) is 6.05. The Balaban J connectivity index is 2.69. The standard InChI is InChI=1S/C13H16N2O2/c1-13(2,3)12-14-9-6-4-5-7-10(9)15(12)8-11(16)17/h4-7H,8H2,1-3H3,(H,16,17). The first kappa shape index (κ1) is 11.6. The third-order valence-corrected chi connectivity index (χ3v) is 2.62. The summed E-state index contributed by atoms with van der Waals surface area (Å²) in [7, 11) is 0. The average molecular weight is 232 g/mol. The monoisotopic (exact) mass is 232 g/mol. The molecular weight excluding hydrogens is 216 g/mol. The Morgan fingerprint density at radius 3 is 2.59 bits per heavy atom. The zero-order chi connectivity index (χ0) is 12.6. The van der Waals surface area contributed by atoms with E-state index in [1.165, 1.54) is 0 Å². The Hall–Kier alpha value is -1.84. The van der Waals surface area contributed by atoms with Gasteiger partial charge in [0.1, 0.15) is 12.4 Å². The van der Waals surface area contributed by atoms with Crippen molar-refractivity contribution in [3.8, 4) is 0 Å². The van der Waals surface area contributed by atoms with Crippen molar-refractivity contribution in [3.63, 3.8) is 0 Å². The minimum absolute atomic E-state index is 0.0485. The summed E-state index contributed by atoms with van der Waals surface area (Å²) in [5, 5.41) is 8.99. The fourth-order valence-electron chi connectivity index (χ4n) is 1.94. The predicted octanol–water partition coefficient (Wildman–Crippen LogP) is 2.42. The molecule has 0 aliphatic rings. The molecule has 0 saturated heterocycles. The van der Waals surface area contributed by atoms with Crippen molar-refractivity contribution < 1.29 is 9.90 Å². The summed E-state index contributed by atoms with van der Waals surface area (Å²) in [6.07, 6.45) is 0. The molecule has 17 heavy (non-hydrogen) atoms. The third kappa shape index (κ3) is 2.16. The largest absolute Gasteiger partial charge is 0.480 e. The van der Waals surface area contributed by atoms with Crippen LogP contribution in [0.4, 0.5) is 0 Å². The highest BCUT2D eigenvalue weighted by atomic mass is 16.4. The van der Waals surface area contributed by atoms with Crippen LogP contribution in [-0.4, -0.2) is 20.6 Å². The molecule has 1 aromatic carbocycles. The van der Waals surface area contributed by atoms with E-state index in [1.54, 1.807) is 4.57 Å². The molecule has 1 N–H and O–H groups in total. The zero-order valence-electron chi connectivity index (χ0n) is 10.3. The van der Waals surface area contributed by atoms with Crippen molar-refractivity contribution in [2.24, 2.45) is 0 Å². The van der Waals surface area contributed by atoms with Crippen LogP contribution in [0.1, 0.15) is 26.6 Å². The van der Waals surface area contributed by atoms with E-state index < -0.39 is 5.97 Å². The van der Waals surface area contributed by atoms with E-state index in [0.29, 0.717) is 0 Å². The molecule has 0 aliphatic heterocycles. The Morgan fingerprint density at radius 2 is 2.00 bits per heavy atom. The smallest absolute Gasteiger partial charge is 0.323 e. The van der Waals surface area contributed by atoms with Crippen LogP contribution < -0.4 is 0 Å². The van der Waals surface area contributed by atoms with E-state index in [2.05, 4.69) is 4.98 Å². The van der Waals surface area contributed by atoms with E-state index in [4.69, 9.17) is 5.11 Å². The van der Waals surface area contributed by atoms with Gasteiger partial charge in [0.15, 0.2) is 0 Å². The summed E-state index contributed by atoms with van der Waals surface area (Å²) in [5.74, 6) is -0.0419. The highest BCUT2D eigenvalue weighted by molar-refractivity contribution is 5.78. The topological polar surface area (TPSA) is 55.1 Å². The number of benzene rings is 1. The Morgan fingerprint density at radius 1 is 1.35 bits per heavy atom. The molecule has 0 bridgehead atoms. The van der Waals surface area contributed by atoms with Gasteiger partial charge in [-0.25, -0.2) is 4.98 Å². The van der Waals surface area contributed by atoms with Crippen molar-refractivity contribution in [2.45, 2.75) is 32.7 Å². The summed E-state index contributed by atoms with van der Waals surface area (Å²) in [5.41, 5.74) is 1.55. The lowest BCUT2D eigenvalue weighted by atomic mass is 9.95. The number of imidazole rings is 1. The molecule has 0 amide bonds. The first-order chi connectivity index (χ1) is 7.89. The summed E-state index contributed by atoms with van der Waals surface area (Å²) >= 11 is 0. The highest BCUT2D eigenvalue weighted by Gasteiger charge is 2.23. The van der Waals surface area contributed by atoms with Gasteiger partial charge in [-0.1, -0.05) is 32.9 Å². The summed E-state index contributed by atoms with van der Waals surface area (Å²) < 4.78 is 1.78. The molecule has 1 heterocycles. The first-order valence-corrected chi connectivity index (χ1v) is 5.57. The van der Waals surface area contributed by atoms with Gasteiger partial charge in [-0.2, -0.15) is 0 Å². The fraction of sp³-hybridized carbons (Fsp3) is 0.385. The van der Waals surface area contributed by atoms with E-state index in [9.17, 15) is 4.79 Å². The number of aliphatic carboxylic acids is 1. The van der Waals surface area contributed by atoms with E-state index in [0.717, 1.165) is 16.9 Å². The molecule has 0 atom stereocenters. The number of nitrogens with zero attached hydrogens (tertiary/aromatic N) is 2. The van der Waals surface area contributed by atoms with Crippen LogP contribution in [0.3, 0.4) is 0 Å². The molecule has 0 unspecified atom stereocenters. The van der Waals surface area contributed by atoms with E-state index in [1.807, 2.05) is 45.0 Å². The Labute approximate surface area is 99.9 Å². The molecular formula is C13H16N2O2. The number of para-hydroxylation sites is 2. The first-order valence-electron chi connectivity index (χ1n) is 5.57. The highest BCUT2D eigenvalue weighted by Crippen LogP contribution is 2.26. The zero-order valence-corrected chi connectivity index (χ0v) is 10.3. The lowest BCUT2D eigenvalue weighted by Crippen LogP contribution is -2.21. The summed E-state index contributed by atoms with van der Waals surface area (Å²) in [6, 6.07) is 7.62. The minimum Gasteiger partial charge on any atom is -0.480 e. The molecule has 4 nitrogen and oxygen atoms in total. The number of rotatable bonds is 2. The maximum absolute atomic E-state index is 10.9. The van der Waals surface area contributed by atoms with Crippen LogP contribution in [0.25, 0.3) is 11.0 Å². The minimum atomic E-state index is -0.848. The number of aromatic nitrogens is 2. The molecule has 90 valence electrons. The molecule has 0 spiro atoms. The van der Waals surface area contributed by atoms with Crippen LogP contribution in [0.2, 0.25) is 0 Å². The predicted molar refractivity (Wildman–Crippen MR) is 66.1 cm³/mol. The number of fused-ring (bicyclic) bond motifs is 1. The Kier molecular flexibility index (Phi) is 2.65. The SMILES string of the molecule is CC(C)(C)c1nc2ccccc2n1CC(=O)O. The molecule has 2 aromatic rings. The van der Waals surface area contributed by atoms with Crippen LogP contribution >= 0.6 is 0 Å². The lowest BCUT2D eigenvalue weighted by molar-refractivity contribution is -0.137. The van der Waals surface area contributed by atoms with Gasteiger partial charge in [-0.15, -0.1) is 0 Å². The van der Waals surface area contributed by atoms with Gasteiger partial charge in [0.25, 0.3) is 0 Å². The quantitative estimate of drug-likeness (QED) is 0.865. The fourth-order valence-corrected chi connectivity index (χ4v) is 1.94. The van der Waals surface area contributed by atoms with Gasteiger partial charge in [0.2, 0.25) is 0 Å². The van der Waals surface area contributed by atoms with Crippen molar-refractivity contribution >= 4 is 17.0 Å². The summed E-state index contributed by atoms with van der Waals surface area (Å²) in [4.78, 5) is 15.5. The van der Waals surface area contributed by atoms with Crippen LogP contribution in [0.15, 0.2) is 24.3 Å². The molecule has 1 aromatic heterocycles. The number of carbonyl (C=O) groups is 1. The number of carboxylic acids is 1. The van der Waals surface area contributed by atoms with Crippen molar-refractivity contribution in [1.29, 1.82) is 0 Å². The molecule has 0 fully saturated rings. The molecule has 0 radical (unpaired) electrons. The van der Waals surface area contributed by atoms with Gasteiger partial charge in [-0.05, 0) is 12.1 Å². The molecule has 2 rings (SSSR count). The van der Waals surface area contributed by atoms with Crippen molar-refractivity contribution in [1.82, 2.24) is 9.55 Å². The van der Waals surface area contributed by atoms with E-state index in [-0.39, 0.29) is 12.0 Å². The lowest BCUT2D eigenvalue weighted by Gasteiger charge is -2.19. The second kappa shape index (κ2) is 3.87. The second-order valence-electron chi connectivity index (χ2n) is 5.15. The number of hydrogen-bond donors (Lipinski definition) is 1. The molecule has 0 saturated carbocycles. The maximum atomic E-state index is 10.9. The van der Waals surface area contributed by atoms with Crippen LogP contribution in [-0.2, 0) is 16.8 Å². The van der Waals surface area contributed by atoms with Gasteiger partial charge >= 0.3 is 5.97 Å². The van der Waals surface area contributed by atoms with Crippen molar-refractivity contribution in [2.75, 3.05) is 0 Å². The average Bonchev–Trinajstić information content (AvgIpc) is 2.56. The van der Waals surface area contributed by atoms with Gasteiger partial charge < -0.3 is 9.67 Å². The number of carboxylic acid groups (broad SMARTS) is 1. The Bertz CT molecular complexity index is 564. The molecule has 0 aliphatic carbocycles. The van der Waals surface area contributed by atoms with Gasteiger partial charge in [-0.3, -0.25) is 4.79 Å². The maximum Gasteiger partial charge on any atom is 0.323 e. The number of hydrogen-bond acceptors (Lipinski definition) is 2. The third-order valence-electron chi connectivity index (χ3n) is 2.62. The van der Waals surface area contributed by atoms with E-state index >= 15 is 0 Å². The van der Waals surface area contributed by atoms with Crippen LogP contribution in [0, 0.1) is 0 Å². The van der Waals surface area contributed by atoms with Crippen LogP contribution in [0.5, 0.6) is 0 Å². The normalized spacial score (nSPS) is 11.9. The molecule has 4 heteroatoms. The van der Waals surface area contributed by atoms with Crippen molar-refractivity contribution in [3.05, 3.63) is 30.1 Å².